The zero-order valence-corrected chi connectivity index (χ0v) is 15.4. The van der Waals surface area contributed by atoms with E-state index >= 15 is 0 Å². The molecule has 1 fully saturated rings. The van der Waals surface area contributed by atoms with Gasteiger partial charge in [0.25, 0.3) is 0 Å². The Morgan fingerprint density at radius 2 is 1.96 bits per heavy atom. The second-order valence-corrected chi connectivity index (χ2v) is 7.21. The number of aliphatic hydroxyl groups excluding tert-OH is 1. The summed E-state index contributed by atoms with van der Waals surface area (Å²) in [5.41, 5.74) is 2.96. The summed E-state index contributed by atoms with van der Waals surface area (Å²) in [6.45, 7) is 6.94. The number of nitrogens with zero attached hydrogens (tertiary/aromatic N) is 2. The molecule has 0 radical (unpaired) electrons. The highest BCUT2D eigenvalue weighted by Gasteiger charge is 2.20. The number of aliphatic imine (C=N–C) groups is 1. The van der Waals surface area contributed by atoms with Crippen LogP contribution in [0.15, 0.2) is 29.3 Å². The van der Waals surface area contributed by atoms with Crippen LogP contribution in [-0.4, -0.2) is 54.3 Å². The minimum Gasteiger partial charge on any atom is -0.393 e. The Morgan fingerprint density at radius 1 is 1.20 bits per heavy atom. The van der Waals surface area contributed by atoms with Crippen molar-refractivity contribution in [3.63, 3.8) is 0 Å². The molecule has 0 amide bonds. The monoisotopic (exact) mass is 344 g/mol. The molecule has 5 nitrogen and oxygen atoms in total. The standard InChI is InChI=1S/C20H32N4O/c1-2-21-20(23-18-7-9-19(25)10-8-18)22-12-14-24-13-11-16-5-3-4-6-17(16)15-24/h3-6,18-19,25H,2,7-15H2,1H3,(H2,21,22,23). The Morgan fingerprint density at radius 3 is 2.72 bits per heavy atom. The van der Waals surface area contributed by atoms with Crippen LogP contribution >= 0.6 is 0 Å². The lowest BCUT2D eigenvalue weighted by Crippen LogP contribution is -2.45. The first-order valence-corrected chi connectivity index (χ1v) is 9.76. The molecule has 3 N–H and O–H groups in total. The number of aliphatic hydroxyl groups is 1. The lowest BCUT2D eigenvalue weighted by molar-refractivity contribution is 0.120. The van der Waals surface area contributed by atoms with Gasteiger partial charge in [0, 0.05) is 32.2 Å². The molecule has 5 heteroatoms. The van der Waals surface area contributed by atoms with E-state index in [1.807, 2.05) is 0 Å². The van der Waals surface area contributed by atoms with Gasteiger partial charge in [-0.2, -0.15) is 0 Å². The van der Waals surface area contributed by atoms with Crippen LogP contribution in [0.5, 0.6) is 0 Å². The second kappa shape index (κ2) is 9.20. The first-order valence-electron chi connectivity index (χ1n) is 9.76. The summed E-state index contributed by atoms with van der Waals surface area (Å²) >= 11 is 0. The maximum atomic E-state index is 9.64. The number of fused-ring (bicyclic) bond motifs is 1. The molecule has 138 valence electrons. The number of nitrogens with one attached hydrogen (secondary N) is 2. The molecule has 0 bridgehead atoms. The highest BCUT2D eigenvalue weighted by Crippen LogP contribution is 2.19. The van der Waals surface area contributed by atoms with Crippen LogP contribution in [0, 0.1) is 0 Å². The van der Waals surface area contributed by atoms with E-state index in [4.69, 9.17) is 4.99 Å². The molecule has 3 rings (SSSR count). The Bertz CT molecular complexity index is 567. The van der Waals surface area contributed by atoms with Crippen molar-refractivity contribution < 1.29 is 5.11 Å². The molecule has 1 aromatic carbocycles. The molecule has 1 heterocycles. The fourth-order valence-corrected chi connectivity index (χ4v) is 3.78. The van der Waals surface area contributed by atoms with Gasteiger partial charge in [-0.25, -0.2) is 0 Å². The van der Waals surface area contributed by atoms with Crippen molar-refractivity contribution in [2.75, 3.05) is 26.2 Å². The van der Waals surface area contributed by atoms with E-state index in [0.29, 0.717) is 6.04 Å². The van der Waals surface area contributed by atoms with Crippen molar-refractivity contribution in [2.45, 2.75) is 57.7 Å². The van der Waals surface area contributed by atoms with Crippen molar-refractivity contribution in [1.29, 1.82) is 0 Å². The molecule has 25 heavy (non-hydrogen) atoms. The first kappa shape index (κ1) is 18.2. The molecule has 0 spiro atoms. The third-order valence-electron chi connectivity index (χ3n) is 5.28. The summed E-state index contributed by atoms with van der Waals surface area (Å²) in [5.74, 6) is 0.918. The van der Waals surface area contributed by atoms with Crippen LogP contribution in [-0.2, 0) is 13.0 Å². The van der Waals surface area contributed by atoms with E-state index in [1.165, 1.54) is 11.1 Å². The van der Waals surface area contributed by atoms with E-state index in [1.54, 1.807) is 0 Å². The second-order valence-electron chi connectivity index (χ2n) is 7.21. The molecule has 1 aromatic rings. The summed E-state index contributed by atoms with van der Waals surface area (Å²) in [7, 11) is 0. The SMILES string of the molecule is CCNC(=NCCN1CCc2ccccc2C1)NC1CCC(O)CC1. The minimum absolute atomic E-state index is 0.112. The average Bonchev–Trinajstić information content (AvgIpc) is 2.63. The summed E-state index contributed by atoms with van der Waals surface area (Å²) < 4.78 is 0. The highest BCUT2D eigenvalue weighted by atomic mass is 16.3. The van der Waals surface area contributed by atoms with Crippen molar-refractivity contribution in [3.05, 3.63) is 35.4 Å². The van der Waals surface area contributed by atoms with Crippen LogP contribution in [0.1, 0.15) is 43.7 Å². The van der Waals surface area contributed by atoms with Gasteiger partial charge in [-0.15, -0.1) is 0 Å². The molecular weight excluding hydrogens is 312 g/mol. The zero-order chi connectivity index (χ0) is 17.5. The molecule has 0 saturated heterocycles. The maximum absolute atomic E-state index is 9.64. The van der Waals surface area contributed by atoms with Gasteiger partial charge in [0.1, 0.15) is 0 Å². The van der Waals surface area contributed by atoms with E-state index in [-0.39, 0.29) is 6.10 Å². The fraction of sp³-hybridized carbons (Fsp3) is 0.650. The number of rotatable bonds is 5. The quantitative estimate of drug-likeness (QED) is 0.564. The van der Waals surface area contributed by atoms with Crippen LogP contribution in [0.2, 0.25) is 0 Å². The van der Waals surface area contributed by atoms with Crippen molar-refractivity contribution in [1.82, 2.24) is 15.5 Å². The lowest BCUT2D eigenvalue weighted by Gasteiger charge is -2.29. The zero-order valence-electron chi connectivity index (χ0n) is 15.4. The first-order chi connectivity index (χ1) is 12.2. The predicted molar refractivity (Wildman–Crippen MR) is 103 cm³/mol. The van der Waals surface area contributed by atoms with Crippen LogP contribution < -0.4 is 10.6 Å². The van der Waals surface area contributed by atoms with Gasteiger partial charge in [-0.3, -0.25) is 9.89 Å². The van der Waals surface area contributed by atoms with Crippen molar-refractivity contribution in [2.24, 2.45) is 4.99 Å². The molecule has 0 unspecified atom stereocenters. The van der Waals surface area contributed by atoms with Gasteiger partial charge in [-0.1, -0.05) is 24.3 Å². The lowest BCUT2D eigenvalue weighted by atomic mass is 9.93. The van der Waals surface area contributed by atoms with Gasteiger partial charge >= 0.3 is 0 Å². The van der Waals surface area contributed by atoms with Gasteiger partial charge in [0.15, 0.2) is 5.96 Å². The average molecular weight is 345 g/mol. The van der Waals surface area contributed by atoms with Crippen LogP contribution in [0.4, 0.5) is 0 Å². The van der Waals surface area contributed by atoms with Gasteiger partial charge in [0.2, 0.25) is 0 Å². The van der Waals surface area contributed by atoms with E-state index in [0.717, 1.165) is 70.8 Å². The summed E-state index contributed by atoms with van der Waals surface area (Å²) in [6.07, 6.45) is 4.86. The van der Waals surface area contributed by atoms with Crippen molar-refractivity contribution in [3.8, 4) is 0 Å². The molecule has 1 saturated carbocycles. The van der Waals surface area contributed by atoms with Gasteiger partial charge in [-0.05, 0) is 50.2 Å². The largest absolute Gasteiger partial charge is 0.393 e. The summed E-state index contributed by atoms with van der Waals surface area (Å²) in [5, 5.41) is 16.5. The van der Waals surface area contributed by atoms with Crippen LogP contribution in [0.3, 0.4) is 0 Å². The fourth-order valence-electron chi connectivity index (χ4n) is 3.78. The highest BCUT2D eigenvalue weighted by molar-refractivity contribution is 5.80. The Hall–Kier alpha value is -1.59. The molecular formula is C20H32N4O. The van der Waals surface area contributed by atoms with E-state index in [9.17, 15) is 5.11 Å². The maximum Gasteiger partial charge on any atom is 0.191 e. The van der Waals surface area contributed by atoms with E-state index < -0.39 is 0 Å². The predicted octanol–water partition coefficient (Wildman–Crippen LogP) is 1.90. The number of hydrogen-bond acceptors (Lipinski definition) is 3. The molecule has 1 aliphatic heterocycles. The van der Waals surface area contributed by atoms with Gasteiger partial charge < -0.3 is 15.7 Å². The molecule has 1 aliphatic carbocycles. The Kier molecular flexibility index (Phi) is 6.70. The third kappa shape index (κ3) is 5.44. The van der Waals surface area contributed by atoms with E-state index in [2.05, 4.69) is 46.7 Å². The minimum atomic E-state index is -0.112. The summed E-state index contributed by atoms with van der Waals surface area (Å²) in [4.78, 5) is 7.26. The number of hydrogen-bond donors (Lipinski definition) is 3. The van der Waals surface area contributed by atoms with Crippen molar-refractivity contribution >= 4 is 5.96 Å². The van der Waals surface area contributed by atoms with Crippen LogP contribution in [0.25, 0.3) is 0 Å². The topological polar surface area (TPSA) is 59.9 Å². The Labute approximate surface area is 151 Å². The molecule has 0 aromatic heterocycles. The Balaban J connectivity index is 1.47. The number of guanidine groups is 1. The number of benzene rings is 1. The van der Waals surface area contributed by atoms with Gasteiger partial charge in [0.05, 0.1) is 12.6 Å². The summed E-state index contributed by atoms with van der Waals surface area (Å²) in [6, 6.07) is 9.20. The smallest absolute Gasteiger partial charge is 0.191 e. The molecule has 2 aliphatic rings. The molecule has 0 atom stereocenters. The normalized spacial score (nSPS) is 24.6. The third-order valence-corrected chi connectivity index (χ3v) is 5.28.